The maximum absolute atomic E-state index is 5.45. The van der Waals surface area contributed by atoms with E-state index < -0.39 is 0 Å². The molecule has 0 radical (unpaired) electrons. The van der Waals surface area contributed by atoms with E-state index in [9.17, 15) is 0 Å². The van der Waals surface area contributed by atoms with Crippen molar-refractivity contribution in [1.82, 2.24) is 0 Å². The molecule has 1 aliphatic rings. The molecule has 0 saturated carbocycles. The first-order chi connectivity index (χ1) is 1.89. The smallest absolute Gasteiger partial charge is 0.00895 e. The molecule has 1 fully saturated rings. The minimum atomic E-state index is 0.102. The van der Waals surface area contributed by atoms with Gasteiger partial charge in [-0.25, -0.2) is 0 Å². The fourth-order valence-corrected chi connectivity index (χ4v) is 1.02. The molecule has 0 spiro atoms. The van der Waals surface area contributed by atoms with Crippen LogP contribution in [0.3, 0.4) is 0 Å². The molecule has 1 rings (SSSR count). The molecule has 0 bridgehead atoms. The first-order valence-electron chi connectivity index (χ1n) is 1.30. The minimum Gasteiger partial charge on any atom is -0.0964 e. The van der Waals surface area contributed by atoms with Crippen LogP contribution < -0.4 is 0 Å². The third-order valence-electron chi connectivity index (χ3n) is 0.393. The molecule has 0 aromatic rings. The second-order valence-electron chi connectivity index (χ2n) is 0.910. The minimum absolute atomic E-state index is 0.102. The molecule has 0 atom stereocenters. The lowest BCUT2D eigenvalue weighted by molar-refractivity contribution is 1.75. The van der Waals surface area contributed by atoms with Gasteiger partial charge in [-0.2, -0.15) is 0 Å². The molecule has 0 unspecified atom stereocenters. The molecule has 1 saturated heterocycles. The maximum Gasteiger partial charge on any atom is -0.00895 e. The number of hydrogen-bond acceptors (Lipinski definition) is 0. The summed E-state index contributed by atoms with van der Waals surface area (Å²) in [5, 5.41) is 0. The van der Waals surface area contributed by atoms with Crippen molar-refractivity contribution in [3.63, 3.8) is 0 Å². The van der Waals surface area contributed by atoms with E-state index >= 15 is 0 Å². The van der Waals surface area contributed by atoms with Gasteiger partial charge in [0.15, 0.2) is 0 Å². The van der Waals surface area contributed by atoms with Crippen LogP contribution in [-0.2, 0) is 0 Å². The van der Waals surface area contributed by atoms with E-state index in [1.165, 1.54) is 12.3 Å². The van der Waals surface area contributed by atoms with Crippen molar-refractivity contribution in [2.24, 2.45) is 0 Å². The second-order valence-corrected chi connectivity index (χ2v) is 4.16. The Hall–Kier alpha value is 0.720. The van der Waals surface area contributed by atoms with Crippen molar-refractivity contribution >= 4 is 18.5 Å². The van der Waals surface area contributed by atoms with Crippen LogP contribution in [-0.4, -0.2) is 12.3 Å². The zero-order chi connectivity index (χ0) is 2.99. The summed E-state index contributed by atoms with van der Waals surface area (Å²) >= 11 is 5.45. The van der Waals surface area contributed by atoms with E-state index in [0.717, 1.165) is 0 Å². The molecular weight excluding hydrogens is 90.4 g/mol. The molecule has 0 amide bonds. The highest BCUT2D eigenvalue weighted by atomic mass is 35.7. The summed E-state index contributed by atoms with van der Waals surface area (Å²) < 4.78 is 0. The molecule has 0 aromatic carbocycles. The van der Waals surface area contributed by atoms with Gasteiger partial charge in [-0.3, -0.25) is 0 Å². The lowest BCUT2D eigenvalue weighted by Crippen LogP contribution is -1.20. The van der Waals surface area contributed by atoms with Crippen LogP contribution in [0.1, 0.15) is 0 Å². The molecule has 0 aliphatic carbocycles. The third kappa shape index (κ3) is 0.581. The highest BCUT2D eigenvalue weighted by Crippen LogP contribution is 2.55. The van der Waals surface area contributed by atoms with Crippen molar-refractivity contribution in [2.75, 3.05) is 12.3 Å². The molecule has 2 heteroatoms. The Labute approximate surface area is 31.7 Å². The van der Waals surface area contributed by atoms with Crippen molar-refractivity contribution in [3.05, 3.63) is 0 Å². The van der Waals surface area contributed by atoms with Crippen molar-refractivity contribution in [1.29, 1.82) is 0 Å². The predicted molar refractivity (Wildman–Crippen MR) is 22.5 cm³/mol. The van der Waals surface area contributed by atoms with Crippen LogP contribution in [0.15, 0.2) is 0 Å². The van der Waals surface area contributed by atoms with Crippen LogP contribution in [0, 0.1) is 0 Å². The van der Waals surface area contributed by atoms with E-state index in [4.69, 9.17) is 11.2 Å². The average Bonchev–Trinajstić information content (AvgIpc) is 1.75. The van der Waals surface area contributed by atoms with Gasteiger partial charge in [0.1, 0.15) is 0 Å². The average molecular weight is 94.5 g/mol. The highest BCUT2D eigenvalue weighted by molar-refractivity contribution is 7.89. The van der Waals surface area contributed by atoms with Crippen LogP contribution in [0.2, 0.25) is 0 Å². The molecule has 24 valence electrons. The van der Waals surface area contributed by atoms with E-state index in [1.807, 2.05) is 0 Å². The van der Waals surface area contributed by atoms with Crippen LogP contribution in [0.5, 0.6) is 0 Å². The van der Waals surface area contributed by atoms with Crippen molar-refractivity contribution in [3.8, 4) is 0 Å². The van der Waals surface area contributed by atoms with Crippen molar-refractivity contribution < 1.29 is 0 Å². The number of rotatable bonds is 0. The van der Waals surface area contributed by atoms with Crippen LogP contribution >= 0.6 is 18.5 Å². The van der Waals surface area contributed by atoms with Gasteiger partial charge in [0.05, 0.1) is 0 Å². The summed E-state index contributed by atoms with van der Waals surface area (Å²) in [6.07, 6.45) is 2.63. The summed E-state index contributed by atoms with van der Waals surface area (Å²) in [5.41, 5.74) is 0. The Bertz CT molecular complexity index is 25.2. The van der Waals surface area contributed by atoms with E-state index in [-0.39, 0.29) is 7.27 Å². The lowest BCUT2D eigenvalue weighted by Gasteiger charge is -1.51. The summed E-state index contributed by atoms with van der Waals surface area (Å²) in [6, 6.07) is 0. The number of halogens is 1. The zero-order valence-corrected chi connectivity index (χ0v) is 3.89. The summed E-state index contributed by atoms with van der Waals surface area (Å²) in [6.45, 7) is 0. The monoisotopic (exact) mass is 94.0 g/mol. The van der Waals surface area contributed by atoms with Crippen LogP contribution in [0.4, 0.5) is 0 Å². The quantitative estimate of drug-likeness (QED) is 0.400. The molecule has 1 heterocycles. The van der Waals surface area contributed by atoms with Crippen LogP contribution in [0.25, 0.3) is 0 Å². The van der Waals surface area contributed by atoms with Crippen molar-refractivity contribution in [2.45, 2.75) is 0 Å². The van der Waals surface area contributed by atoms with Gasteiger partial charge in [-0.15, -0.1) is 0 Å². The largest absolute Gasteiger partial charge is 0.0964 e. The summed E-state index contributed by atoms with van der Waals surface area (Å²) in [7, 11) is 0.102. The molecule has 0 aromatic heterocycles. The third-order valence-corrected chi connectivity index (χ3v) is 2.19. The summed E-state index contributed by atoms with van der Waals surface area (Å²) in [5.74, 6) is 0. The molecule has 4 heavy (non-hydrogen) atoms. The lowest BCUT2D eigenvalue weighted by atomic mass is 11.0. The Morgan fingerprint density at radius 2 is 1.75 bits per heavy atom. The number of hydrogen-bond donors (Lipinski definition) is 0. The fourth-order valence-electron chi connectivity index (χ4n) is 0.0378. The Morgan fingerprint density at radius 3 is 1.75 bits per heavy atom. The normalized spacial score (nSPS) is 26.2. The Kier molecular flexibility index (Phi) is 0.617. The highest BCUT2D eigenvalue weighted by Gasteiger charge is 2.15. The molecule has 0 nitrogen and oxygen atoms in total. The zero-order valence-electron chi connectivity index (χ0n) is 2.24. The maximum atomic E-state index is 5.45. The van der Waals surface area contributed by atoms with Gasteiger partial charge in [0.2, 0.25) is 0 Å². The SMILES string of the molecule is ClP1CC1. The fraction of sp³-hybridized carbons (Fsp3) is 1.00. The second kappa shape index (κ2) is 0.841. The first-order valence-corrected chi connectivity index (χ1v) is 3.92. The molecule has 1 aliphatic heterocycles. The van der Waals surface area contributed by atoms with E-state index in [2.05, 4.69) is 0 Å². The van der Waals surface area contributed by atoms with Gasteiger partial charge in [0.25, 0.3) is 0 Å². The predicted octanol–water partition coefficient (Wildman–Crippen LogP) is 1.64. The van der Waals surface area contributed by atoms with Gasteiger partial charge in [0, 0.05) is 0 Å². The molecule has 0 N–H and O–H groups in total. The van der Waals surface area contributed by atoms with Gasteiger partial charge >= 0.3 is 0 Å². The first kappa shape index (κ1) is 2.93. The molecular formula is C2H4ClP. The van der Waals surface area contributed by atoms with Gasteiger partial charge in [-0.1, -0.05) is 11.2 Å². The Morgan fingerprint density at radius 1 is 1.50 bits per heavy atom. The van der Waals surface area contributed by atoms with Gasteiger partial charge in [-0.05, 0) is 19.6 Å². The Balaban J connectivity index is 2.17. The summed E-state index contributed by atoms with van der Waals surface area (Å²) in [4.78, 5) is 0. The topological polar surface area (TPSA) is 0 Å². The standard InChI is InChI=1S/C2H4ClP/c3-4-1-2-4/h1-2H2. The van der Waals surface area contributed by atoms with E-state index in [1.54, 1.807) is 0 Å². The van der Waals surface area contributed by atoms with Gasteiger partial charge < -0.3 is 0 Å². The van der Waals surface area contributed by atoms with E-state index in [0.29, 0.717) is 0 Å².